The number of carbonyl (C=O) groups excluding carboxylic acids is 1. The van der Waals surface area contributed by atoms with Crippen molar-refractivity contribution in [1.29, 1.82) is 0 Å². The molecule has 1 amide bonds. The third-order valence-corrected chi connectivity index (χ3v) is 5.42. The molecule has 3 aromatic heterocycles. The van der Waals surface area contributed by atoms with E-state index in [1.54, 1.807) is 17.5 Å². The van der Waals surface area contributed by atoms with Crippen LogP contribution in [-0.4, -0.2) is 43.6 Å². The highest BCUT2D eigenvalue weighted by Gasteiger charge is 2.25. The van der Waals surface area contributed by atoms with Gasteiger partial charge >= 0.3 is 0 Å². The van der Waals surface area contributed by atoms with Crippen LogP contribution < -0.4 is 0 Å². The Hall–Kier alpha value is -2.41. The van der Waals surface area contributed by atoms with E-state index in [1.807, 2.05) is 41.0 Å². The average molecular weight is 341 g/mol. The van der Waals surface area contributed by atoms with Crippen LogP contribution >= 0.6 is 11.3 Å². The van der Waals surface area contributed by atoms with Crippen LogP contribution in [0.25, 0.3) is 10.6 Å². The number of thiophene rings is 1. The summed E-state index contributed by atoms with van der Waals surface area (Å²) < 4.78 is 2.11. The molecular weight excluding hydrogens is 322 g/mol. The molecule has 0 aromatic carbocycles. The third kappa shape index (κ3) is 3.12. The number of aromatic amines is 1. The van der Waals surface area contributed by atoms with Crippen molar-refractivity contribution in [3.63, 3.8) is 0 Å². The Balaban J connectivity index is 1.36. The molecule has 0 atom stereocenters. The molecule has 0 saturated carbocycles. The van der Waals surface area contributed by atoms with Crippen molar-refractivity contribution in [3.8, 4) is 10.6 Å². The van der Waals surface area contributed by atoms with Gasteiger partial charge in [0.1, 0.15) is 0 Å². The lowest BCUT2D eigenvalue weighted by atomic mass is 9.96. The number of rotatable bonds is 4. The Morgan fingerprint density at radius 3 is 2.96 bits per heavy atom. The molecule has 0 unspecified atom stereocenters. The minimum absolute atomic E-state index is 0.0233. The summed E-state index contributed by atoms with van der Waals surface area (Å²) in [7, 11) is 0. The summed E-state index contributed by atoms with van der Waals surface area (Å²) in [5.41, 5.74) is 1.41. The van der Waals surface area contributed by atoms with Gasteiger partial charge in [-0.25, -0.2) is 4.98 Å². The van der Waals surface area contributed by atoms with E-state index in [4.69, 9.17) is 0 Å². The van der Waals surface area contributed by atoms with E-state index in [1.165, 1.54) is 0 Å². The van der Waals surface area contributed by atoms with E-state index in [2.05, 4.69) is 19.7 Å². The summed E-state index contributed by atoms with van der Waals surface area (Å²) in [6, 6.07) is 5.87. The number of hydrogen-bond acceptors (Lipinski definition) is 4. The standard InChI is InChI=1S/C17H19N5OS/c23-17(15-10-14(19-20-15)16-2-1-9-24-16)22-6-3-13(4-7-22)11-21-8-5-18-12-21/h1-2,5,8-10,12-13H,3-4,6-7,11H2,(H,19,20). The van der Waals surface area contributed by atoms with E-state index < -0.39 is 0 Å². The lowest BCUT2D eigenvalue weighted by Crippen LogP contribution is -2.39. The summed E-state index contributed by atoms with van der Waals surface area (Å²) in [5.74, 6) is 0.624. The van der Waals surface area contributed by atoms with E-state index in [-0.39, 0.29) is 5.91 Å². The SMILES string of the molecule is O=C(c1cc(-c2cccs2)[nH]n1)N1CCC(Cn2ccnc2)CC1. The van der Waals surface area contributed by atoms with Crippen molar-refractivity contribution in [3.05, 3.63) is 48.0 Å². The summed E-state index contributed by atoms with van der Waals surface area (Å²) in [6.07, 6.45) is 7.69. The molecule has 24 heavy (non-hydrogen) atoms. The third-order valence-electron chi connectivity index (χ3n) is 4.51. The topological polar surface area (TPSA) is 66.8 Å². The first-order valence-electron chi connectivity index (χ1n) is 8.14. The second kappa shape index (κ2) is 6.60. The predicted octanol–water partition coefficient (Wildman–Crippen LogP) is 2.89. The summed E-state index contributed by atoms with van der Waals surface area (Å²) in [6.45, 7) is 2.56. The van der Waals surface area contributed by atoms with Crippen LogP contribution in [0.3, 0.4) is 0 Å². The Labute approximate surface area is 144 Å². The minimum Gasteiger partial charge on any atom is -0.337 e. The molecule has 3 aromatic rings. The fourth-order valence-corrected chi connectivity index (χ4v) is 3.86. The maximum Gasteiger partial charge on any atom is 0.274 e. The highest BCUT2D eigenvalue weighted by molar-refractivity contribution is 7.13. The Kier molecular flexibility index (Phi) is 4.17. The van der Waals surface area contributed by atoms with Crippen LogP contribution in [0, 0.1) is 5.92 Å². The van der Waals surface area contributed by atoms with Crippen molar-refractivity contribution in [1.82, 2.24) is 24.6 Å². The molecule has 1 fully saturated rings. The molecule has 1 saturated heterocycles. The molecule has 7 heteroatoms. The van der Waals surface area contributed by atoms with Gasteiger partial charge in [0.25, 0.3) is 5.91 Å². The number of likely N-dealkylation sites (tertiary alicyclic amines) is 1. The lowest BCUT2D eigenvalue weighted by Gasteiger charge is -2.31. The number of carbonyl (C=O) groups is 1. The van der Waals surface area contributed by atoms with E-state index in [9.17, 15) is 4.79 Å². The number of amides is 1. The summed E-state index contributed by atoms with van der Waals surface area (Å²) in [5, 5.41) is 9.19. The summed E-state index contributed by atoms with van der Waals surface area (Å²) >= 11 is 1.63. The van der Waals surface area contributed by atoms with Gasteiger partial charge in [-0.05, 0) is 36.3 Å². The second-order valence-electron chi connectivity index (χ2n) is 6.14. The predicted molar refractivity (Wildman–Crippen MR) is 92.8 cm³/mol. The number of imidazole rings is 1. The highest BCUT2D eigenvalue weighted by Crippen LogP contribution is 2.24. The maximum absolute atomic E-state index is 12.6. The van der Waals surface area contributed by atoms with E-state index in [0.29, 0.717) is 11.6 Å². The average Bonchev–Trinajstić information content (AvgIpc) is 3.36. The number of aromatic nitrogens is 4. The first-order valence-corrected chi connectivity index (χ1v) is 9.02. The van der Waals surface area contributed by atoms with Gasteiger partial charge in [-0.2, -0.15) is 5.10 Å². The first kappa shape index (κ1) is 15.1. The Morgan fingerprint density at radius 1 is 1.38 bits per heavy atom. The van der Waals surface area contributed by atoms with E-state index in [0.717, 1.165) is 43.0 Å². The molecule has 0 radical (unpaired) electrons. The van der Waals surface area contributed by atoms with Crippen LogP contribution in [0.4, 0.5) is 0 Å². The molecular formula is C17H19N5OS. The van der Waals surface area contributed by atoms with Crippen LogP contribution in [-0.2, 0) is 6.54 Å². The Bertz CT molecular complexity index is 785. The van der Waals surface area contributed by atoms with Crippen molar-refractivity contribution < 1.29 is 4.79 Å². The molecule has 6 nitrogen and oxygen atoms in total. The smallest absolute Gasteiger partial charge is 0.274 e. The number of H-pyrrole nitrogens is 1. The van der Waals surface area contributed by atoms with Gasteiger partial charge in [-0.15, -0.1) is 11.3 Å². The largest absolute Gasteiger partial charge is 0.337 e. The molecule has 1 aliphatic heterocycles. The zero-order valence-electron chi connectivity index (χ0n) is 13.3. The van der Waals surface area contributed by atoms with Crippen LogP contribution in [0.1, 0.15) is 23.3 Å². The van der Waals surface area contributed by atoms with Crippen molar-refractivity contribution in [2.45, 2.75) is 19.4 Å². The van der Waals surface area contributed by atoms with Gasteiger partial charge in [0.2, 0.25) is 0 Å². The number of nitrogens with one attached hydrogen (secondary N) is 1. The van der Waals surface area contributed by atoms with Gasteiger partial charge in [-0.1, -0.05) is 6.07 Å². The van der Waals surface area contributed by atoms with Crippen molar-refractivity contribution >= 4 is 17.2 Å². The molecule has 1 N–H and O–H groups in total. The van der Waals surface area contributed by atoms with Gasteiger partial charge in [0.05, 0.1) is 16.9 Å². The zero-order chi connectivity index (χ0) is 16.4. The quantitative estimate of drug-likeness (QED) is 0.793. The van der Waals surface area contributed by atoms with E-state index >= 15 is 0 Å². The van der Waals surface area contributed by atoms with Crippen LogP contribution in [0.15, 0.2) is 42.3 Å². The van der Waals surface area contributed by atoms with Gasteiger partial charge < -0.3 is 9.47 Å². The molecule has 4 heterocycles. The number of hydrogen-bond donors (Lipinski definition) is 1. The minimum atomic E-state index is 0.0233. The fourth-order valence-electron chi connectivity index (χ4n) is 3.16. The molecule has 1 aliphatic rings. The number of nitrogens with zero attached hydrogens (tertiary/aromatic N) is 4. The first-order chi connectivity index (χ1) is 11.8. The highest BCUT2D eigenvalue weighted by atomic mass is 32.1. The molecule has 124 valence electrons. The van der Waals surface area contributed by atoms with Gasteiger partial charge in [0.15, 0.2) is 5.69 Å². The Morgan fingerprint density at radius 2 is 2.25 bits per heavy atom. The van der Waals surface area contributed by atoms with Gasteiger partial charge in [-0.3, -0.25) is 9.89 Å². The second-order valence-corrected chi connectivity index (χ2v) is 7.09. The molecule has 4 rings (SSSR count). The van der Waals surface area contributed by atoms with Crippen LogP contribution in [0.5, 0.6) is 0 Å². The maximum atomic E-state index is 12.6. The monoisotopic (exact) mass is 341 g/mol. The fraction of sp³-hybridized carbons (Fsp3) is 0.353. The zero-order valence-corrected chi connectivity index (χ0v) is 14.1. The molecule has 0 aliphatic carbocycles. The van der Waals surface area contributed by atoms with Crippen molar-refractivity contribution in [2.75, 3.05) is 13.1 Å². The lowest BCUT2D eigenvalue weighted by molar-refractivity contribution is 0.0677. The molecule has 0 bridgehead atoms. The van der Waals surface area contributed by atoms with Crippen molar-refractivity contribution in [2.24, 2.45) is 5.92 Å². The normalized spacial score (nSPS) is 15.8. The summed E-state index contributed by atoms with van der Waals surface area (Å²) in [4.78, 5) is 19.7. The van der Waals surface area contributed by atoms with Crippen LogP contribution in [0.2, 0.25) is 0 Å². The molecule has 0 spiro atoms. The number of piperidine rings is 1. The van der Waals surface area contributed by atoms with Gasteiger partial charge in [0, 0.05) is 32.0 Å².